The number of fused-ring (bicyclic) bond motifs is 1. The molecule has 1 nitrogen and oxygen atoms in total. The molecule has 0 aromatic heterocycles. The average Bonchev–Trinajstić information content (AvgIpc) is 2.05. The van der Waals surface area contributed by atoms with Crippen LogP contribution in [0.4, 0.5) is 0 Å². The molecule has 0 spiro atoms. The maximum atomic E-state index is 4.87. The van der Waals surface area contributed by atoms with Gasteiger partial charge in [-0.25, -0.2) is 0 Å². The van der Waals surface area contributed by atoms with Crippen LogP contribution in [0.3, 0.4) is 0 Å². The van der Waals surface area contributed by atoms with Crippen LogP contribution < -0.4 is 0 Å². The quantitative estimate of drug-likeness (QED) is 0.522. The molecule has 1 aliphatic rings. The first kappa shape index (κ1) is 5.54. The van der Waals surface area contributed by atoms with E-state index in [0.29, 0.717) is 0 Å². The fourth-order valence-electron chi connectivity index (χ4n) is 0.940. The Bertz CT molecular complexity index is 263. The van der Waals surface area contributed by atoms with Crippen molar-refractivity contribution in [1.82, 2.24) is 0 Å². The number of hydrogen-bond donors (Lipinski definition) is 0. The van der Waals surface area contributed by atoms with Gasteiger partial charge in [-0.2, -0.15) is 0 Å². The number of ether oxygens (including phenoxy) is 1. The molecule has 0 unspecified atom stereocenters. The second-order valence-corrected chi connectivity index (χ2v) is 2.11. The van der Waals surface area contributed by atoms with Crippen LogP contribution in [-0.4, -0.2) is 0 Å². The van der Waals surface area contributed by atoms with Crippen LogP contribution >= 0.6 is 0 Å². The van der Waals surface area contributed by atoms with Gasteiger partial charge in [0.15, 0.2) is 0 Å². The van der Waals surface area contributed by atoms with Gasteiger partial charge in [0.25, 0.3) is 0 Å². The predicted molar refractivity (Wildman–Crippen MR) is 38.9 cm³/mol. The molecule has 0 fully saturated rings. The second kappa shape index (κ2) is 2.18. The Hall–Kier alpha value is -1.24. The van der Waals surface area contributed by atoms with Crippen LogP contribution in [0, 0.1) is 6.61 Å². The van der Waals surface area contributed by atoms with Crippen molar-refractivity contribution in [2.75, 3.05) is 0 Å². The van der Waals surface area contributed by atoms with Crippen molar-refractivity contribution < 1.29 is 4.74 Å². The topological polar surface area (TPSA) is 9.23 Å². The van der Waals surface area contributed by atoms with Gasteiger partial charge < -0.3 is 4.74 Å². The molecule has 2 rings (SSSR count). The summed E-state index contributed by atoms with van der Waals surface area (Å²) in [5.74, 6) is 0. The van der Waals surface area contributed by atoms with Crippen LogP contribution in [0.15, 0.2) is 30.5 Å². The number of hydrogen-bond acceptors (Lipinski definition) is 1. The summed E-state index contributed by atoms with van der Waals surface area (Å²) in [6.45, 7) is 2.78. The molecule has 2 radical (unpaired) electrons. The van der Waals surface area contributed by atoms with E-state index in [4.69, 9.17) is 4.74 Å². The van der Waals surface area contributed by atoms with E-state index in [-0.39, 0.29) is 0 Å². The summed E-state index contributed by atoms with van der Waals surface area (Å²) in [7, 11) is 0. The predicted octanol–water partition coefficient (Wildman–Crippen LogP) is 2.07. The minimum Gasteiger partial charge on any atom is -0.480 e. The van der Waals surface area contributed by atoms with Gasteiger partial charge in [0.2, 0.25) is 6.61 Å². The highest BCUT2D eigenvalue weighted by Crippen LogP contribution is 2.17. The minimum absolute atomic E-state index is 1.02. The Morgan fingerprint density at radius 3 is 3.00 bits per heavy atom. The summed E-state index contributed by atoms with van der Waals surface area (Å²) in [6, 6.07) is 7.96. The number of benzene rings is 1. The van der Waals surface area contributed by atoms with E-state index in [1.165, 1.54) is 0 Å². The largest absolute Gasteiger partial charge is 0.480 e. The summed E-state index contributed by atoms with van der Waals surface area (Å²) >= 11 is 0. The zero-order chi connectivity index (χ0) is 6.81. The van der Waals surface area contributed by atoms with Crippen molar-refractivity contribution in [3.05, 3.63) is 48.3 Å². The summed E-state index contributed by atoms with van der Waals surface area (Å²) in [6.07, 6.45) is 3.55. The molecule has 0 aliphatic carbocycles. The van der Waals surface area contributed by atoms with E-state index >= 15 is 0 Å². The monoisotopic (exact) mass is 130 g/mol. The highest BCUT2D eigenvalue weighted by molar-refractivity contribution is 5.56. The third-order valence-electron chi connectivity index (χ3n) is 1.45. The van der Waals surface area contributed by atoms with Gasteiger partial charge in [-0.05, 0) is 11.6 Å². The second-order valence-electron chi connectivity index (χ2n) is 2.11. The summed E-state index contributed by atoms with van der Waals surface area (Å²) in [5, 5.41) is 0. The molecule has 0 bridgehead atoms. The lowest BCUT2D eigenvalue weighted by atomic mass is 10.1. The maximum Gasteiger partial charge on any atom is 0.230 e. The van der Waals surface area contributed by atoms with Crippen molar-refractivity contribution in [1.29, 1.82) is 0 Å². The van der Waals surface area contributed by atoms with E-state index in [1.54, 1.807) is 6.26 Å². The van der Waals surface area contributed by atoms with Gasteiger partial charge in [0, 0.05) is 5.56 Å². The van der Waals surface area contributed by atoms with Crippen LogP contribution in [-0.2, 0) is 4.74 Å². The van der Waals surface area contributed by atoms with Crippen molar-refractivity contribution >= 4 is 6.08 Å². The van der Waals surface area contributed by atoms with Crippen LogP contribution in [0.1, 0.15) is 11.1 Å². The maximum absolute atomic E-state index is 4.87. The third kappa shape index (κ3) is 0.798. The molecule has 48 valence electrons. The normalized spacial score (nSPS) is 14.0. The summed E-state index contributed by atoms with van der Waals surface area (Å²) < 4.78 is 4.87. The van der Waals surface area contributed by atoms with Crippen molar-refractivity contribution in [3.63, 3.8) is 0 Å². The zero-order valence-corrected chi connectivity index (χ0v) is 5.37. The fraction of sp³-hybridized carbons (Fsp3) is 0. The molecule has 0 saturated carbocycles. The molecule has 1 aliphatic heterocycles. The lowest BCUT2D eigenvalue weighted by Gasteiger charge is -2.07. The van der Waals surface area contributed by atoms with E-state index in [2.05, 4.69) is 6.61 Å². The van der Waals surface area contributed by atoms with E-state index in [9.17, 15) is 0 Å². The molecule has 0 saturated heterocycles. The van der Waals surface area contributed by atoms with Crippen molar-refractivity contribution in [2.45, 2.75) is 0 Å². The van der Waals surface area contributed by atoms with Gasteiger partial charge in [-0.1, -0.05) is 24.3 Å². The Labute approximate surface area is 59.9 Å². The third-order valence-corrected chi connectivity index (χ3v) is 1.45. The van der Waals surface area contributed by atoms with E-state index in [0.717, 1.165) is 11.1 Å². The highest BCUT2D eigenvalue weighted by Gasteiger charge is 2.03. The Morgan fingerprint density at radius 1 is 1.20 bits per heavy atom. The van der Waals surface area contributed by atoms with Gasteiger partial charge in [-0.3, -0.25) is 0 Å². The van der Waals surface area contributed by atoms with Crippen LogP contribution in [0.25, 0.3) is 6.08 Å². The first-order chi connectivity index (χ1) is 4.97. The molecular formula is C9H6O. The molecule has 1 aromatic rings. The molecule has 0 N–H and O–H groups in total. The summed E-state index contributed by atoms with van der Waals surface area (Å²) in [4.78, 5) is 0. The minimum atomic E-state index is 1.02. The number of rotatable bonds is 0. The smallest absolute Gasteiger partial charge is 0.230 e. The first-order valence-corrected chi connectivity index (χ1v) is 3.14. The van der Waals surface area contributed by atoms with Crippen LogP contribution in [0.5, 0.6) is 0 Å². The fourth-order valence-corrected chi connectivity index (χ4v) is 0.940. The highest BCUT2D eigenvalue weighted by atomic mass is 16.5. The van der Waals surface area contributed by atoms with E-state index < -0.39 is 0 Å². The van der Waals surface area contributed by atoms with Gasteiger partial charge in [-0.15, -0.1) is 0 Å². The standard InChI is InChI=1S/C9H6O/c1-2-4-9-7-10-6-5-8(9)3-1/h1-6H. The first-order valence-electron chi connectivity index (χ1n) is 3.14. The van der Waals surface area contributed by atoms with Crippen LogP contribution in [0.2, 0.25) is 0 Å². The molecule has 0 amide bonds. The molecule has 1 aromatic carbocycles. The van der Waals surface area contributed by atoms with Crippen molar-refractivity contribution in [2.24, 2.45) is 0 Å². The van der Waals surface area contributed by atoms with Gasteiger partial charge in [0.1, 0.15) is 0 Å². The molecule has 10 heavy (non-hydrogen) atoms. The molecule has 0 atom stereocenters. The lowest BCUT2D eigenvalue weighted by molar-refractivity contribution is 0.352. The average molecular weight is 130 g/mol. The Balaban J connectivity index is 2.54. The van der Waals surface area contributed by atoms with Gasteiger partial charge >= 0.3 is 0 Å². The SMILES string of the molecule is [C]1OC=Cc2ccccc21. The molecule has 1 heteroatoms. The molecule has 1 heterocycles. The Kier molecular flexibility index (Phi) is 1.21. The van der Waals surface area contributed by atoms with E-state index in [1.807, 2.05) is 30.3 Å². The lowest BCUT2D eigenvalue weighted by Crippen LogP contribution is -1.91. The zero-order valence-electron chi connectivity index (χ0n) is 5.37. The summed E-state index contributed by atoms with van der Waals surface area (Å²) in [5.41, 5.74) is 2.18. The Morgan fingerprint density at radius 2 is 2.10 bits per heavy atom. The van der Waals surface area contributed by atoms with Gasteiger partial charge in [0.05, 0.1) is 6.26 Å². The van der Waals surface area contributed by atoms with Crippen molar-refractivity contribution in [3.8, 4) is 0 Å². The molecular weight excluding hydrogens is 124 g/mol.